The average molecular weight is 517 g/mol. The molecule has 0 spiro atoms. The summed E-state index contributed by atoms with van der Waals surface area (Å²) in [5, 5.41) is 0. The van der Waals surface area contributed by atoms with Crippen LogP contribution in [0.15, 0.2) is 36.9 Å². The van der Waals surface area contributed by atoms with Gasteiger partial charge in [0.25, 0.3) is 0 Å². The van der Waals surface area contributed by atoms with E-state index in [4.69, 9.17) is 4.74 Å². The Labute approximate surface area is 219 Å². The van der Waals surface area contributed by atoms with Gasteiger partial charge in [-0.05, 0) is 93.1 Å². The second kappa shape index (κ2) is 13.1. The van der Waals surface area contributed by atoms with Gasteiger partial charge < -0.3 is 4.74 Å². The molecule has 0 amide bonds. The van der Waals surface area contributed by atoms with Crippen LogP contribution in [0.4, 0.5) is 17.6 Å². The molecule has 37 heavy (non-hydrogen) atoms. The maximum atomic E-state index is 15.1. The predicted molar refractivity (Wildman–Crippen MR) is 142 cm³/mol. The number of rotatable bonds is 10. The molecule has 4 rings (SSSR count). The van der Waals surface area contributed by atoms with E-state index in [1.54, 1.807) is 6.07 Å². The van der Waals surface area contributed by atoms with Crippen molar-refractivity contribution in [2.45, 2.75) is 96.0 Å². The number of halogens is 4. The topological polar surface area (TPSA) is 9.23 Å². The molecule has 1 aliphatic heterocycles. The molecule has 1 saturated heterocycles. The minimum Gasteiger partial charge on any atom is -0.378 e. The molecular formula is C32H40F4O. The zero-order valence-corrected chi connectivity index (χ0v) is 22.0. The van der Waals surface area contributed by atoms with Crippen molar-refractivity contribution in [2.24, 2.45) is 11.8 Å². The summed E-state index contributed by atoms with van der Waals surface area (Å²) < 4.78 is 66.2. The van der Waals surface area contributed by atoms with Crippen LogP contribution in [-0.4, -0.2) is 12.7 Å². The number of ether oxygens (including phenoxy) is 1. The van der Waals surface area contributed by atoms with Crippen LogP contribution in [-0.2, 0) is 11.2 Å². The lowest BCUT2D eigenvalue weighted by molar-refractivity contribution is -0.0210. The highest BCUT2D eigenvalue weighted by Gasteiger charge is 2.28. The summed E-state index contributed by atoms with van der Waals surface area (Å²) in [6, 6.07) is 5.86. The van der Waals surface area contributed by atoms with Gasteiger partial charge in [0.2, 0.25) is 0 Å². The fraction of sp³-hybridized carbons (Fsp3) is 0.562. The molecule has 0 N–H and O–H groups in total. The van der Waals surface area contributed by atoms with Gasteiger partial charge in [-0.15, -0.1) is 6.58 Å². The van der Waals surface area contributed by atoms with Crippen LogP contribution in [0.1, 0.15) is 94.6 Å². The molecule has 2 aromatic carbocycles. The Morgan fingerprint density at radius 1 is 0.784 bits per heavy atom. The molecule has 1 nitrogen and oxygen atoms in total. The summed E-state index contributed by atoms with van der Waals surface area (Å²) in [7, 11) is 0. The van der Waals surface area contributed by atoms with Gasteiger partial charge in [0.1, 0.15) is 0 Å². The third-order valence-electron chi connectivity index (χ3n) is 8.53. The van der Waals surface area contributed by atoms with Gasteiger partial charge in [0.05, 0.1) is 6.10 Å². The zero-order valence-electron chi connectivity index (χ0n) is 22.0. The Hall–Kier alpha value is -2.14. The molecule has 2 unspecified atom stereocenters. The van der Waals surface area contributed by atoms with E-state index in [0.717, 1.165) is 57.8 Å². The van der Waals surface area contributed by atoms with Crippen molar-refractivity contribution in [3.05, 3.63) is 71.3 Å². The molecule has 1 heterocycles. The second-order valence-electron chi connectivity index (χ2n) is 11.0. The maximum Gasteiger partial charge on any atom is 0.167 e. The molecule has 2 aliphatic rings. The Morgan fingerprint density at radius 3 is 2.11 bits per heavy atom. The highest BCUT2D eigenvalue weighted by Crippen LogP contribution is 2.40. The fourth-order valence-electron chi connectivity index (χ4n) is 6.23. The van der Waals surface area contributed by atoms with Gasteiger partial charge in [-0.25, -0.2) is 17.6 Å². The summed E-state index contributed by atoms with van der Waals surface area (Å²) in [5.41, 5.74) is 0.156. The van der Waals surface area contributed by atoms with Crippen LogP contribution < -0.4 is 0 Å². The minimum absolute atomic E-state index is 0.0263. The van der Waals surface area contributed by atoms with Gasteiger partial charge >= 0.3 is 0 Å². The lowest BCUT2D eigenvalue weighted by atomic mass is 9.77. The molecule has 2 fully saturated rings. The first-order chi connectivity index (χ1) is 17.9. The number of hydrogen-bond acceptors (Lipinski definition) is 1. The van der Waals surface area contributed by atoms with E-state index in [-0.39, 0.29) is 28.7 Å². The average Bonchev–Trinajstić information content (AvgIpc) is 2.91. The molecule has 5 heteroatoms. The molecular weight excluding hydrogens is 476 g/mol. The quantitative estimate of drug-likeness (QED) is 0.226. The van der Waals surface area contributed by atoms with E-state index >= 15 is 13.2 Å². The van der Waals surface area contributed by atoms with Crippen LogP contribution >= 0.6 is 0 Å². The van der Waals surface area contributed by atoms with Crippen LogP contribution in [0.25, 0.3) is 11.1 Å². The number of hydrogen-bond donors (Lipinski definition) is 0. The van der Waals surface area contributed by atoms with Crippen molar-refractivity contribution in [3.63, 3.8) is 0 Å². The SMILES string of the molecule is C=CCCC1CCC(CCc2ccc(-c3ccc(C4CCC(CCC)CC4)c(F)c3F)c(F)c2F)CO1. The highest BCUT2D eigenvalue weighted by molar-refractivity contribution is 5.66. The van der Waals surface area contributed by atoms with Gasteiger partial charge in [-0.1, -0.05) is 50.1 Å². The predicted octanol–water partition coefficient (Wildman–Crippen LogP) is 9.68. The molecule has 1 saturated carbocycles. The molecule has 0 aromatic heterocycles. The standard InChI is InChI=1S/C32H40F4O/c1-3-5-7-25-16-11-22(20-37-25)10-14-24-15-17-27(31(35)29(24)33)28-19-18-26(30(34)32(28)36)23-12-8-21(6-4-2)9-13-23/h3,15,17-19,21-23,25H,1,4-14,16,20H2,2H3. The Kier molecular flexibility index (Phi) is 9.86. The lowest BCUT2D eigenvalue weighted by Gasteiger charge is -2.29. The van der Waals surface area contributed by atoms with Crippen molar-refractivity contribution in [2.75, 3.05) is 6.61 Å². The summed E-state index contributed by atoms with van der Waals surface area (Å²) in [5.74, 6) is -3.17. The summed E-state index contributed by atoms with van der Waals surface area (Å²) >= 11 is 0. The number of aryl methyl sites for hydroxylation is 1. The van der Waals surface area contributed by atoms with E-state index in [1.165, 1.54) is 24.6 Å². The molecule has 2 atom stereocenters. The highest BCUT2D eigenvalue weighted by atomic mass is 19.2. The van der Waals surface area contributed by atoms with Crippen LogP contribution in [0.2, 0.25) is 0 Å². The normalized spacial score (nSPS) is 24.2. The Balaban J connectivity index is 1.41. The summed E-state index contributed by atoms with van der Waals surface area (Å²) in [4.78, 5) is 0. The first-order valence-corrected chi connectivity index (χ1v) is 14.1. The van der Waals surface area contributed by atoms with Crippen molar-refractivity contribution in [1.82, 2.24) is 0 Å². The third-order valence-corrected chi connectivity index (χ3v) is 8.53. The first kappa shape index (κ1) is 27.9. The molecule has 2 aromatic rings. The van der Waals surface area contributed by atoms with Crippen molar-refractivity contribution in [3.8, 4) is 11.1 Å². The van der Waals surface area contributed by atoms with Gasteiger partial charge in [0.15, 0.2) is 23.3 Å². The molecule has 1 aliphatic carbocycles. The van der Waals surface area contributed by atoms with Gasteiger partial charge in [-0.3, -0.25) is 0 Å². The van der Waals surface area contributed by atoms with Crippen molar-refractivity contribution < 1.29 is 22.3 Å². The van der Waals surface area contributed by atoms with Gasteiger partial charge in [0, 0.05) is 17.7 Å². The largest absolute Gasteiger partial charge is 0.378 e. The van der Waals surface area contributed by atoms with E-state index in [2.05, 4.69) is 13.5 Å². The number of allylic oxidation sites excluding steroid dienone is 1. The molecule has 0 radical (unpaired) electrons. The second-order valence-corrected chi connectivity index (χ2v) is 11.0. The van der Waals surface area contributed by atoms with E-state index in [9.17, 15) is 4.39 Å². The zero-order chi connectivity index (χ0) is 26.4. The monoisotopic (exact) mass is 516 g/mol. The smallest absolute Gasteiger partial charge is 0.167 e. The first-order valence-electron chi connectivity index (χ1n) is 14.1. The van der Waals surface area contributed by atoms with Crippen LogP contribution in [0, 0.1) is 35.1 Å². The van der Waals surface area contributed by atoms with Crippen LogP contribution in [0.3, 0.4) is 0 Å². The summed E-state index contributed by atoms with van der Waals surface area (Å²) in [6.45, 7) is 6.54. The molecule has 202 valence electrons. The Morgan fingerprint density at radius 2 is 1.46 bits per heavy atom. The lowest BCUT2D eigenvalue weighted by Crippen LogP contribution is -2.26. The Bertz CT molecular complexity index is 1050. The maximum absolute atomic E-state index is 15.1. The van der Waals surface area contributed by atoms with Crippen molar-refractivity contribution >= 4 is 0 Å². The van der Waals surface area contributed by atoms with E-state index < -0.39 is 23.3 Å². The summed E-state index contributed by atoms with van der Waals surface area (Å²) in [6.07, 6.45) is 13.1. The van der Waals surface area contributed by atoms with E-state index in [0.29, 0.717) is 36.8 Å². The van der Waals surface area contributed by atoms with Crippen LogP contribution in [0.5, 0.6) is 0 Å². The van der Waals surface area contributed by atoms with Gasteiger partial charge in [-0.2, -0.15) is 0 Å². The van der Waals surface area contributed by atoms with Crippen molar-refractivity contribution in [1.29, 1.82) is 0 Å². The minimum atomic E-state index is -1.12. The number of benzene rings is 2. The molecule has 0 bridgehead atoms. The van der Waals surface area contributed by atoms with E-state index in [1.807, 2.05) is 6.08 Å². The third kappa shape index (κ3) is 6.66. The fourth-order valence-corrected chi connectivity index (χ4v) is 6.23.